The highest BCUT2D eigenvalue weighted by atomic mass is 79.9. The van der Waals surface area contributed by atoms with E-state index < -0.39 is 0 Å². The Morgan fingerprint density at radius 3 is 1.16 bits per heavy atom. The minimum absolute atomic E-state index is 1.02. The van der Waals surface area contributed by atoms with Gasteiger partial charge in [0.2, 0.25) is 0 Å². The van der Waals surface area contributed by atoms with Crippen molar-refractivity contribution in [1.29, 1.82) is 0 Å². The molecule has 9 rings (SSSR count). The SMILES string of the molecule is Cc1c(C)[n+](-c2ccccc2)[c-]n1-c1ccc(-c2ccccc2-c2cccc(-c3ccccc3-c3ccc(-n4[c-][n+](-c5ccccc5)c(C)c4C)cc3Br)c2)c(Br)c1. The molecule has 9 aromatic rings. The summed E-state index contributed by atoms with van der Waals surface area (Å²) in [5.74, 6) is 0. The van der Waals surface area contributed by atoms with Crippen molar-refractivity contribution in [2.45, 2.75) is 27.7 Å². The number of aromatic nitrogens is 4. The van der Waals surface area contributed by atoms with Crippen LogP contribution in [0.15, 0.2) is 179 Å². The largest absolute Gasteiger partial charge is 0.296 e. The van der Waals surface area contributed by atoms with Crippen molar-refractivity contribution in [3.05, 3.63) is 214 Å². The van der Waals surface area contributed by atoms with Crippen LogP contribution in [0.3, 0.4) is 0 Å². The van der Waals surface area contributed by atoms with Gasteiger partial charge >= 0.3 is 0 Å². The molecule has 0 saturated heterocycles. The van der Waals surface area contributed by atoms with Crippen molar-refractivity contribution in [2.75, 3.05) is 0 Å². The van der Waals surface area contributed by atoms with Gasteiger partial charge in [-0.3, -0.25) is 18.3 Å². The molecule has 2 heterocycles. The van der Waals surface area contributed by atoms with Crippen LogP contribution in [0.5, 0.6) is 0 Å². The third-order valence-corrected chi connectivity index (χ3v) is 12.5. The van der Waals surface area contributed by atoms with Crippen molar-refractivity contribution in [3.8, 4) is 67.3 Å². The maximum atomic E-state index is 3.97. The molecule has 0 amide bonds. The van der Waals surface area contributed by atoms with E-state index in [2.05, 4.69) is 248 Å². The third-order valence-electron chi connectivity index (χ3n) is 11.2. The van der Waals surface area contributed by atoms with E-state index in [1.807, 2.05) is 12.1 Å². The first-order chi connectivity index (χ1) is 28.3. The molecule has 0 atom stereocenters. The van der Waals surface area contributed by atoms with Gasteiger partial charge in [0, 0.05) is 8.95 Å². The molecular weight excluding hydrogens is 840 g/mol. The number of benzene rings is 7. The van der Waals surface area contributed by atoms with Gasteiger partial charge in [-0.1, -0.05) is 147 Å². The van der Waals surface area contributed by atoms with E-state index in [1.165, 1.54) is 11.1 Å². The van der Waals surface area contributed by atoms with Crippen molar-refractivity contribution in [1.82, 2.24) is 9.13 Å². The van der Waals surface area contributed by atoms with Gasteiger partial charge in [-0.25, -0.2) is 0 Å². The van der Waals surface area contributed by atoms with E-state index in [1.54, 1.807) is 0 Å². The van der Waals surface area contributed by atoms with Gasteiger partial charge in [0.1, 0.15) is 0 Å². The number of imidazole rings is 2. The van der Waals surface area contributed by atoms with Crippen LogP contribution in [0.2, 0.25) is 0 Å². The highest BCUT2D eigenvalue weighted by Crippen LogP contribution is 2.41. The van der Waals surface area contributed by atoms with Crippen LogP contribution in [0.25, 0.3) is 67.3 Å². The molecule has 4 nitrogen and oxygen atoms in total. The van der Waals surface area contributed by atoms with Crippen LogP contribution in [0.1, 0.15) is 22.8 Å². The Hall–Kier alpha value is -6.08. The number of rotatable bonds is 8. The quantitative estimate of drug-likeness (QED) is 0.107. The zero-order chi connectivity index (χ0) is 39.9. The van der Waals surface area contributed by atoms with Crippen LogP contribution < -0.4 is 9.13 Å². The molecule has 0 fully saturated rings. The normalized spacial score (nSPS) is 11.3. The number of nitrogens with zero attached hydrogens (tertiary/aromatic N) is 4. The molecule has 0 aliphatic carbocycles. The van der Waals surface area contributed by atoms with Gasteiger partial charge in [0.25, 0.3) is 12.7 Å². The summed E-state index contributed by atoms with van der Waals surface area (Å²) in [5, 5.41) is 0. The highest BCUT2D eigenvalue weighted by molar-refractivity contribution is 9.11. The standard InChI is InChI=1S/C52H40Br2N4/c1-35-37(3)57(33-55(35)41-18-7-5-8-19-41)43-26-28-49(51(53)31-43)47-24-13-11-22-45(47)39-16-15-17-40(30-39)46-23-12-14-25-48(46)50-29-27-44(32-52(50)54)58-34-56(36(2)38(58)4)42-20-9-6-10-21-42/h5-32H,1-4H3. The second-order valence-electron chi connectivity index (χ2n) is 14.6. The molecule has 2 aromatic heterocycles. The first-order valence-electron chi connectivity index (χ1n) is 19.3. The topological polar surface area (TPSA) is 17.6 Å². The molecule has 282 valence electrons. The van der Waals surface area contributed by atoms with Gasteiger partial charge in [-0.05, 0) is 127 Å². The van der Waals surface area contributed by atoms with Crippen molar-refractivity contribution in [3.63, 3.8) is 0 Å². The highest BCUT2D eigenvalue weighted by Gasteiger charge is 2.18. The third kappa shape index (κ3) is 6.86. The van der Waals surface area contributed by atoms with Crippen LogP contribution in [0, 0.1) is 40.3 Å². The molecule has 0 aliphatic rings. The fourth-order valence-corrected chi connectivity index (χ4v) is 8.98. The average molecular weight is 881 g/mol. The number of para-hydroxylation sites is 2. The minimum Gasteiger partial charge on any atom is -0.296 e. The average Bonchev–Trinajstić information content (AvgIpc) is 3.74. The predicted molar refractivity (Wildman–Crippen MR) is 242 cm³/mol. The summed E-state index contributed by atoms with van der Waals surface area (Å²) < 4.78 is 10.6. The zero-order valence-corrected chi connectivity index (χ0v) is 35.9. The summed E-state index contributed by atoms with van der Waals surface area (Å²) in [6.45, 7) is 8.57. The second kappa shape index (κ2) is 15.7. The van der Waals surface area contributed by atoms with Crippen molar-refractivity contribution >= 4 is 31.9 Å². The molecule has 58 heavy (non-hydrogen) atoms. The monoisotopic (exact) mass is 878 g/mol. The van der Waals surface area contributed by atoms with Crippen LogP contribution in [0.4, 0.5) is 0 Å². The smallest absolute Gasteiger partial charge is 0.269 e. The van der Waals surface area contributed by atoms with E-state index in [0.717, 1.165) is 87.9 Å². The summed E-state index contributed by atoms with van der Waals surface area (Å²) in [7, 11) is 0. The van der Waals surface area contributed by atoms with Gasteiger partial charge in [-0.15, -0.1) is 0 Å². The summed E-state index contributed by atoms with van der Waals surface area (Å²) in [5.41, 5.74) is 18.1. The van der Waals surface area contributed by atoms with Gasteiger partial charge < -0.3 is 0 Å². The maximum Gasteiger partial charge on any atom is 0.269 e. The Morgan fingerprint density at radius 2 is 0.759 bits per heavy atom. The van der Waals surface area contributed by atoms with E-state index in [-0.39, 0.29) is 0 Å². The van der Waals surface area contributed by atoms with Crippen LogP contribution in [-0.2, 0) is 0 Å². The lowest BCUT2D eigenvalue weighted by Gasteiger charge is -2.16. The Labute approximate surface area is 357 Å². The van der Waals surface area contributed by atoms with Gasteiger partial charge in [0.15, 0.2) is 0 Å². The maximum absolute atomic E-state index is 3.97. The molecular formula is C52H40Br2N4. The summed E-state index contributed by atoms with van der Waals surface area (Å²) in [4.78, 5) is 0. The van der Waals surface area contributed by atoms with Gasteiger partial charge in [0.05, 0.1) is 45.5 Å². The Morgan fingerprint density at radius 1 is 0.379 bits per heavy atom. The molecule has 0 N–H and O–H groups in total. The minimum atomic E-state index is 1.02. The Kier molecular flexibility index (Phi) is 10.1. The molecule has 0 radical (unpaired) electrons. The number of hydrogen-bond acceptors (Lipinski definition) is 0. The molecule has 0 aliphatic heterocycles. The Bertz CT molecular complexity index is 2760. The molecule has 6 heteroatoms. The molecule has 0 unspecified atom stereocenters. The lowest BCUT2D eigenvalue weighted by atomic mass is 9.90. The molecule has 0 bridgehead atoms. The van der Waals surface area contributed by atoms with E-state index in [0.29, 0.717) is 0 Å². The van der Waals surface area contributed by atoms with Gasteiger partial charge in [-0.2, -0.15) is 0 Å². The van der Waals surface area contributed by atoms with E-state index in [4.69, 9.17) is 0 Å². The first-order valence-corrected chi connectivity index (χ1v) is 20.9. The van der Waals surface area contributed by atoms with E-state index in [9.17, 15) is 0 Å². The van der Waals surface area contributed by atoms with E-state index >= 15 is 0 Å². The summed E-state index contributed by atoms with van der Waals surface area (Å²) >= 11 is 7.94. The zero-order valence-electron chi connectivity index (χ0n) is 32.7. The van der Waals surface area contributed by atoms with Crippen LogP contribution in [-0.4, -0.2) is 9.13 Å². The number of halogens is 2. The fraction of sp³-hybridized carbons (Fsp3) is 0.0769. The van der Waals surface area contributed by atoms with Crippen molar-refractivity contribution < 1.29 is 9.13 Å². The number of hydrogen-bond donors (Lipinski definition) is 0. The lowest BCUT2D eigenvalue weighted by molar-refractivity contribution is -0.606. The molecule has 0 spiro atoms. The van der Waals surface area contributed by atoms with Crippen LogP contribution >= 0.6 is 31.9 Å². The summed E-state index contributed by atoms with van der Waals surface area (Å²) in [6, 6.07) is 60.2. The van der Waals surface area contributed by atoms with Crippen molar-refractivity contribution in [2.24, 2.45) is 0 Å². The Balaban J connectivity index is 1.04. The molecule has 0 saturated carbocycles. The lowest BCUT2D eigenvalue weighted by Crippen LogP contribution is -2.31. The first kappa shape index (κ1) is 37.5. The second-order valence-corrected chi connectivity index (χ2v) is 16.3. The summed E-state index contributed by atoms with van der Waals surface area (Å²) in [6.07, 6.45) is 7.15. The predicted octanol–water partition coefficient (Wildman–Crippen LogP) is 12.8. The fourth-order valence-electron chi connectivity index (χ4n) is 7.82. The molecule has 7 aromatic carbocycles.